The van der Waals surface area contributed by atoms with Crippen molar-refractivity contribution in [1.82, 2.24) is 10.6 Å². The summed E-state index contributed by atoms with van der Waals surface area (Å²) in [5.41, 5.74) is 3.39. The molecule has 1 heterocycles. The molecule has 4 rings (SSSR count). The number of amides is 1. The van der Waals surface area contributed by atoms with Crippen LogP contribution in [0.3, 0.4) is 0 Å². The maximum absolute atomic E-state index is 13.0. The predicted molar refractivity (Wildman–Crippen MR) is 111 cm³/mol. The highest BCUT2D eigenvalue weighted by Crippen LogP contribution is 2.30. The molecule has 1 saturated carbocycles. The van der Waals surface area contributed by atoms with Crippen LogP contribution in [0.5, 0.6) is 0 Å². The van der Waals surface area contributed by atoms with Gasteiger partial charge in [-0.1, -0.05) is 66.2 Å². The number of hydrogen-bond acceptors (Lipinski definition) is 3. The maximum atomic E-state index is 13.0. The summed E-state index contributed by atoms with van der Waals surface area (Å²) in [6.07, 6.45) is 2.17. The average molecular weight is 377 g/mol. The lowest BCUT2D eigenvalue weighted by Crippen LogP contribution is -2.40. The molecule has 4 heteroatoms. The normalized spacial score (nSPS) is 15.9. The average Bonchev–Trinajstić information content (AvgIpc) is 3.33. The first-order valence-electron chi connectivity index (χ1n) is 9.42. The molecule has 3 aromatic rings. The second-order valence-electron chi connectivity index (χ2n) is 7.15. The van der Waals surface area contributed by atoms with Crippen LogP contribution < -0.4 is 10.6 Å². The van der Waals surface area contributed by atoms with Gasteiger partial charge in [0.25, 0.3) is 0 Å². The first-order valence-corrected chi connectivity index (χ1v) is 10.3. The second kappa shape index (κ2) is 8.07. The zero-order chi connectivity index (χ0) is 18.6. The number of nitrogens with one attached hydrogen (secondary N) is 2. The Morgan fingerprint density at radius 1 is 0.963 bits per heavy atom. The van der Waals surface area contributed by atoms with E-state index in [1.165, 1.54) is 16.0 Å². The number of thiophene rings is 1. The van der Waals surface area contributed by atoms with Gasteiger partial charge >= 0.3 is 0 Å². The summed E-state index contributed by atoms with van der Waals surface area (Å²) in [6.45, 7) is 2.09. The van der Waals surface area contributed by atoms with Gasteiger partial charge in [0.05, 0.1) is 6.04 Å². The van der Waals surface area contributed by atoms with Crippen LogP contribution in [-0.4, -0.2) is 11.9 Å². The Balaban J connectivity index is 1.66. The van der Waals surface area contributed by atoms with E-state index in [1.54, 1.807) is 11.3 Å². The summed E-state index contributed by atoms with van der Waals surface area (Å²) in [6, 6.07) is 22.6. The largest absolute Gasteiger partial charge is 0.352 e. The molecule has 2 N–H and O–H groups in total. The molecule has 3 nitrogen and oxygen atoms in total. The third-order valence-electron chi connectivity index (χ3n) is 4.89. The molecule has 0 aliphatic heterocycles. The topological polar surface area (TPSA) is 41.1 Å². The molecule has 2 atom stereocenters. The minimum Gasteiger partial charge on any atom is -0.352 e. The quantitative estimate of drug-likeness (QED) is 0.624. The number of hydrogen-bond donors (Lipinski definition) is 2. The van der Waals surface area contributed by atoms with Crippen molar-refractivity contribution in [3.05, 3.63) is 93.7 Å². The van der Waals surface area contributed by atoms with Crippen molar-refractivity contribution >= 4 is 17.2 Å². The smallest absolute Gasteiger partial charge is 0.241 e. The fourth-order valence-corrected chi connectivity index (χ4v) is 4.02. The summed E-state index contributed by atoms with van der Waals surface area (Å²) in [5.74, 6) is 0.0531. The first-order chi connectivity index (χ1) is 13.2. The van der Waals surface area contributed by atoms with Crippen molar-refractivity contribution < 1.29 is 4.79 Å². The predicted octanol–water partition coefficient (Wildman–Crippen LogP) is 4.76. The van der Waals surface area contributed by atoms with Gasteiger partial charge < -0.3 is 5.32 Å². The number of carbonyl (C=O) groups is 1. The van der Waals surface area contributed by atoms with Gasteiger partial charge in [-0.25, -0.2) is 0 Å². The molecule has 1 aromatic heterocycles. The fourth-order valence-electron chi connectivity index (χ4n) is 3.20. The molecule has 0 spiro atoms. The lowest BCUT2D eigenvalue weighted by Gasteiger charge is -2.26. The minimum absolute atomic E-state index is 0.0271. The number of aryl methyl sites for hydroxylation is 1. The molecule has 138 valence electrons. The Labute approximate surface area is 164 Å². The van der Waals surface area contributed by atoms with E-state index in [9.17, 15) is 4.79 Å². The zero-order valence-corrected chi connectivity index (χ0v) is 16.2. The van der Waals surface area contributed by atoms with Crippen molar-refractivity contribution in [3.63, 3.8) is 0 Å². The Morgan fingerprint density at radius 3 is 2.33 bits per heavy atom. The standard InChI is InChI=1S/C23H24N2OS/c1-16-9-11-18(12-10-16)21(20-8-5-15-27-20)25-22(17-6-3-2-4-7-17)23(26)24-19-13-14-19/h2-12,15,19,21-22,25H,13-14H2,1H3,(H,24,26)/t21-,22+/m0/s1. The molecule has 1 aliphatic rings. The van der Waals surface area contributed by atoms with Crippen LogP contribution in [0.2, 0.25) is 0 Å². The van der Waals surface area contributed by atoms with Crippen LogP contribution in [0, 0.1) is 6.92 Å². The van der Waals surface area contributed by atoms with Gasteiger partial charge in [-0.2, -0.15) is 0 Å². The van der Waals surface area contributed by atoms with Crippen molar-refractivity contribution in [2.75, 3.05) is 0 Å². The summed E-state index contributed by atoms with van der Waals surface area (Å²) in [4.78, 5) is 14.2. The van der Waals surface area contributed by atoms with Crippen LogP contribution in [0.15, 0.2) is 72.1 Å². The van der Waals surface area contributed by atoms with Gasteiger partial charge in [-0.3, -0.25) is 10.1 Å². The van der Waals surface area contributed by atoms with Crippen molar-refractivity contribution in [3.8, 4) is 0 Å². The van der Waals surface area contributed by atoms with Crippen LogP contribution >= 0.6 is 11.3 Å². The third-order valence-corrected chi connectivity index (χ3v) is 5.83. The highest BCUT2D eigenvalue weighted by Gasteiger charge is 2.30. The highest BCUT2D eigenvalue weighted by atomic mass is 32.1. The lowest BCUT2D eigenvalue weighted by atomic mass is 9.99. The molecule has 1 aliphatic carbocycles. The van der Waals surface area contributed by atoms with Crippen LogP contribution in [0.4, 0.5) is 0 Å². The molecular weight excluding hydrogens is 352 g/mol. The zero-order valence-electron chi connectivity index (χ0n) is 15.4. The van der Waals surface area contributed by atoms with E-state index in [2.05, 4.69) is 59.3 Å². The molecule has 1 amide bonds. The lowest BCUT2D eigenvalue weighted by molar-refractivity contribution is -0.123. The van der Waals surface area contributed by atoms with E-state index in [0.717, 1.165) is 18.4 Å². The Kier molecular flexibility index (Phi) is 5.37. The molecule has 2 aromatic carbocycles. The van der Waals surface area contributed by atoms with E-state index < -0.39 is 0 Å². The molecule has 0 bridgehead atoms. The van der Waals surface area contributed by atoms with Crippen LogP contribution in [0.25, 0.3) is 0 Å². The molecule has 27 heavy (non-hydrogen) atoms. The van der Waals surface area contributed by atoms with E-state index in [4.69, 9.17) is 0 Å². The Morgan fingerprint density at radius 2 is 1.70 bits per heavy atom. The summed E-state index contributed by atoms with van der Waals surface area (Å²) in [5, 5.41) is 8.89. The maximum Gasteiger partial charge on any atom is 0.241 e. The van der Waals surface area contributed by atoms with E-state index >= 15 is 0 Å². The van der Waals surface area contributed by atoms with Crippen LogP contribution in [-0.2, 0) is 4.79 Å². The van der Waals surface area contributed by atoms with E-state index in [-0.39, 0.29) is 18.0 Å². The Bertz CT molecular complexity index is 871. The fraction of sp³-hybridized carbons (Fsp3) is 0.261. The second-order valence-corrected chi connectivity index (χ2v) is 8.13. The van der Waals surface area contributed by atoms with Crippen LogP contribution in [0.1, 0.15) is 46.5 Å². The van der Waals surface area contributed by atoms with E-state index in [0.29, 0.717) is 6.04 Å². The molecule has 1 fully saturated rings. The summed E-state index contributed by atoms with van der Waals surface area (Å²) >= 11 is 1.71. The van der Waals surface area contributed by atoms with Gasteiger partial charge in [0.2, 0.25) is 5.91 Å². The highest BCUT2D eigenvalue weighted by molar-refractivity contribution is 7.10. The molecule has 0 unspecified atom stereocenters. The monoisotopic (exact) mass is 376 g/mol. The van der Waals surface area contributed by atoms with Gasteiger partial charge in [0, 0.05) is 10.9 Å². The molecule has 0 saturated heterocycles. The third kappa shape index (κ3) is 4.46. The minimum atomic E-state index is -0.389. The van der Waals surface area contributed by atoms with Gasteiger partial charge in [0.1, 0.15) is 6.04 Å². The Hall–Kier alpha value is -2.43. The number of benzene rings is 2. The van der Waals surface area contributed by atoms with Crippen molar-refractivity contribution in [2.45, 2.75) is 37.9 Å². The van der Waals surface area contributed by atoms with Crippen molar-refractivity contribution in [1.29, 1.82) is 0 Å². The first kappa shape index (κ1) is 18.0. The van der Waals surface area contributed by atoms with Gasteiger partial charge in [0.15, 0.2) is 0 Å². The molecule has 0 radical (unpaired) electrons. The number of rotatable bonds is 7. The summed E-state index contributed by atoms with van der Waals surface area (Å²) in [7, 11) is 0. The number of carbonyl (C=O) groups excluding carboxylic acids is 1. The SMILES string of the molecule is Cc1ccc([C@H](N[C@@H](C(=O)NC2CC2)c2ccccc2)c2cccs2)cc1. The van der Waals surface area contributed by atoms with Crippen molar-refractivity contribution in [2.24, 2.45) is 0 Å². The van der Waals surface area contributed by atoms with Gasteiger partial charge in [-0.05, 0) is 42.3 Å². The molecular formula is C23H24N2OS. The van der Waals surface area contributed by atoms with Gasteiger partial charge in [-0.15, -0.1) is 11.3 Å². The van der Waals surface area contributed by atoms with E-state index in [1.807, 2.05) is 30.3 Å². The summed E-state index contributed by atoms with van der Waals surface area (Å²) < 4.78 is 0.